The molecule has 2 heterocycles. The summed E-state index contributed by atoms with van der Waals surface area (Å²) in [4.78, 5) is 10.5. The van der Waals surface area contributed by atoms with Crippen LogP contribution in [0.1, 0.15) is 106 Å². The minimum absolute atomic E-state index is 0. The molecule has 0 fully saturated rings. The van der Waals surface area contributed by atoms with E-state index < -0.39 is 11.8 Å². The average Bonchev–Trinajstić information content (AvgIpc) is 3.70. The maximum absolute atomic E-state index is 11.8. The molecule has 0 spiro atoms. The van der Waals surface area contributed by atoms with E-state index >= 15 is 0 Å². The van der Waals surface area contributed by atoms with Gasteiger partial charge in [0.15, 0.2) is 0 Å². The topological polar surface area (TPSA) is 50.9 Å². The van der Waals surface area contributed by atoms with Crippen LogP contribution in [0.5, 0.6) is 5.75 Å². The summed E-state index contributed by atoms with van der Waals surface area (Å²) in [6.45, 7) is 20.8. The molecular formula is C62H60N3OPt-. The zero-order valence-corrected chi connectivity index (χ0v) is 42.5. The molecule has 0 atom stereocenters. The van der Waals surface area contributed by atoms with E-state index in [-0.39, 0.29) is 37.6 Å². The second-order valence-corrected chi connectivity index (χ2v) is 20.1. The Bertz CT molecular complexity index is 3300. The van der Waals surface area contributed by atoms with Gasteiger partial charge in [0.1, 0.15) is 11.6 Å². The molecule has 67 heavy (non-hydrogen) atoms. The second-order valence-electron chi connectivity index (χ2n) is 20.1. The molecule has 7 aromatic carbocycles. The van der Waals surface area contributed by atoms with Crippen molar-refractivity contribution >= 4 is 11.0 Å². The Hall–Kier alpha value is -6.35. The van der Waals surface area contributed by atoms with Crippen molar-refractivity contribution in [2.24, 2.45) is 0 Å². The average molecular weight is 1060 g/mol. The Balaban J connectivity index is 0.00000642. The van der Waals surface area contributed by atoms with Crippen LogP contribution >= 0.6 is 0 Å². The van der Waals surface area contributed by atoms with Crippen molar-refractivity contribution in [3.8, 4) is 78.6 Å². The molecule has 1 N–H and O–H groups in total. The molecule has 340 valence electrons. The van der Waals surface area contributed by atoms with Crippen LogP contribution < -0.4 is 0 Å². The first kappa shape index (κ1) is 44.5. The molecule has 0 bridgehead atoms. The first-order chi connectivity index (χ1) is 32.1. The summed E-state index contributed by atoms with van der Waals surface area (Å²) >= 11 is 0. The van der Waals surface area contributed by atoms with E-state index in [1.807, 2.05) is 64.2 Å². The summed E-state index contributed by atoms with van der Waals surface area (Å²) < 4.78 is 20.1. The van der Waals surface area contributed by atoms with Gasteiger partial charge in [0.2, 0.25) is 0 Å². The summed E-state index contributed by atoms with van der Waals surface area (Å²) in [5, 5.41) is 11.8. The number of pyridine rings is 1. The smallest absolute Gasteiger partial charge is 0.148 e. The Labute approximate surface area is 414 Å². The van der Waals surface area contributed by atoms with Crippen molar-refractivity contribution in [1.29, 1.82) is 0 Å². The first-order valence-electron chi connectivity index (χ1n) is 24.0. The van der Waals surface area contributed by atoms with Crippen LogP contribution in [0.4, 0.5) is 0 Å². The predicted octanol–water partition coefficient (Wildman–Crippen LogP) is 16.8. The Kier molecular flexibility index (Phi) is 12.4. The van der Waals surface area contributed by atoms with Crippen molar-refractivity contribution in [3.63, 3.8) is 0 Å². The molecule has 9 rings (SSSR count). The number of aromatic nitrogens is 3. The van der Waals surface area contributed by atoms with Crippen LogP contribution in [0.3, 0.4) is 0 Å². The van der Waals surface area contributed by atoms with E-state index in [4.69, 9.17) is 12.7 Å². The molecule has 0 unspecified atom stereocenters. The zero-order valence-electron chi connectivity index (χ0n) is 42.2. The number of para-hydroxylation sites is 1. The molecule has 4 nitrogen and oxygen atoms in total. The molecule has 0 saturated carbocycles. The van der Waals surface area contributed by atoms with Gasteiger partial charge in [-0.2, -0.15) is 0 Å². The van der Waals surface area contributed by atoms with E-state index in [1.165, 1.54) is 5.56 Å². The minimum atomic E-state index is -0.848. The number of imidazole rings is 1. The number of hydrogen-bond acceptors (Lipinski definition) is 3. The zero-order chi connectivity index (χ0) is 48.3. The van der Waals surface area contributed by atoms with Crippen molar-refractivity contribution in [3.05, 3.63) is 192 Å². The SMILES string of the molecule is [2H]C(C)(C)c1cc(-c2ccnc(-c3[c-]c(-c4cccc5c4nc(-c4cc(C(C)(C)C)ccc4O)n5-c4ccc(C(C)(C)C)cc4-c4ccccc4)cc(-c4ccccc4)c3)c2)cc(C([2H])(C)C)c1.[Pt]. The predicted molar refractivity (Wildman–Crippen MR) is 278 cm³/mol. The van der Waals surface area contributed by atoms with Gasteiger partial charge < -0.3 is 5.11 Å². The van der Waals surface area contributed by atoms with Gasteiger partial charge in [-0.05, 0) is 104 Å². The van der Waals surface area contributed by atoms with E-state index in [2.05, 4.69) is 174 Å². The van der Waals surface area contributed by atoms with E-state index in [0.717, 1.165) is 89.2 Å². The Morgan fingerprint density at radius 1 is 0.537 bits per heavy atom. The largest absolute Gasteiger partial charge is 0.507 e. The molecular weight excluding hydrogens is 998 g/mol. The van der Waals surface area contributed by atoms with Crippen LogP contribution in [-0.4, -0.2) is 19.6 Å². The van der Waals surface area contributed by atoms with Gasteiger partial charge in [-0.1, -0.05) is 195 Å². The van der Waals surface area contributed by atoms with Crippen LogP contribution in [0.2, 0.25) is 0 Å². The summed E-state index contributed by atoms with van der Waals surface area (Å²) in [6.07, 6.45) is 1.83. The van der Waals surface area contributed by atoms with E-state index in [1.54, 1.807) is 6.07 Å². The van der Waals surface area contributed by atoms with Gasteiger partial charge in [-0.15, -0.1) is 23.8 Å². The number of rotatable bonds is 9. The third-order valence-electron chi connectivity index (χ3n) is 12.7. The fourth-order valence-corrected chi connectivity index (χ4v) is 8.75. The monoisotopic (exact) mass is 1060 g/mol. The van der Waals surface area contributed by atoms with Crippen molar-refractivity contribution < 1.29 is 28.9 Å². The fraction of sp³-hybridized carbons (Fsp3) is 0.226. The minimum Gasteiger partial charge on any atom is -0.507 e. The molecule has 0 aliphatic heterocycles. The van der Waals surface area contributed by atoms with Gasteiger partial charge in [-0.3, -0.25) is 9.55 Å². The molecule has 0 radical (unpaired) electrons. The van der Waals surface area contributed by atoms with Gasteiger partial charge in [-0.25, -0.2) is 4.98 Å². The van der Waals surface area contributed by atoms with Crippen LogP contribution in [0.25, 0.3) is 83.9 Å². The van der Waals surface area contributed by atoms with Gasteiger partial charge in [0.05, 0.1) is 22.3 Å². The van der Waals surface area contributed by atoms with Gasteiger partial charge in [0.25, 0.3) is 0 Å². The maximum Gasteiger partial charge on any atom is 0.148 e. The van der Waals surface area contributed by atoms with Crippen molar-refractivity contribution in [1.82, 2.24) is 14.5 Å². The molecule has 5 heteroatoms. The summed E-state index contributed by atoms with van der Waals surface area (Å²) in [5.41, 5.74) is 16.4. The second kappa shape index (κ2) is 18.7. The number of fused-ring (bicyclic) bond motifs is 1. The quantitative estimate of drug-likeness (QED) is 0.147. The van der Waals surface area contributed by atoms with Crippen LogP contribution in [0.15, 0.2) is 164 Å². The molecule has 2 aromatic heterocycles. The third-order valence-corrected chi connectivity index (χ3v) is 12.7. The summed E-state index contributed by atoms with van der Waals surface area (Å²) in [6, 6.07) is 58.2. The number of hydrogen-bond donors (Lipinski definition) is 1. The third kappa shape index (κ3) is 9.61. The molecule has 0 saturated heterocycles. The van der Waals surface area contributed by atoms with Crippen molar-refractivity contribution in [2.75, 3.05) is 0 Å². The number of phenolic OH excluding ortho intramolecular Hbond substituents is 1. The summed E-state index contributed by atoms with van der Waals surface area (Å²) in [5.74, 6) is -0.900. The number of phenols is 1. The molecule has 0 aliphatic rings. The van der Waals surface area contributed by atoms with Gasteiger partial charge in [0, 0.05) is 41.3 Å². The molecule has 9 aromatic rings. The van der Waals surface area contributed by atoms with E-state index in [9.17, 15) is 5.11 Å². The summed E-state index contributed by atoms with van der Waals surface area (Å²) in [7, 11) is 0. The first-order valence-corrected chi connectivity index (χ1v) is 23.0. The van der Waals surface area contributed by atoms with Crippen LogP contribution in [0, 0.1) is 6.07 Å². The normalized spacial score (nSPS) is 12.7. The number of nitrogens with zero attached hydrogens (tertiary/aromatic N) is 3. The molecule has 0 aliphatic carbocycles. The number of benzene rings is 7. The molecule has 0 amide bonds. The van der Waals surface area contributed by atoms with Crippen LogP contribution in [-0.2, 0) is 31.9 Å². The fourth-order valence-electron chi connectivity index (χ4n) is 8.75. The number of aromatic hydroxyl groups is 1. The van der Waals surface area contributed by atoms with Crippen molar-refractivity contribution in [2.45, 2.75) is 91.9 Å². The maximum atomic E-state index is 11.8. The Morgan fingerprint density at radius 2 is 1.12 bits per heavy atom. The standard InChI is InChI=1S/C62H60N3O.Pt/c1-39(2)44-30-45(40(3)4)32-47(31-44)43-28-29-63-55(36-43)49-34-46(41-18-13-11-14-19-41)33-48(35-49)52-22-17-23-57-59(52)64-60(54-38-51(62(8,9)10)25-27-58(54)66)65(57)56-26-24-50(61(5,6)7)37-53(56)42-20-15-12-16-21-42;/h11-34,36-40,66H,1-10H3;/q-1;/i39D,40D;. The van der Waals surface area contributed by atoms with E-state index in [0.29, 0.717) is 11.4 Å². The van der Waals surface area contributed by atoms with Gasteiger partial charge >= 0.3 is 0 Å². The Morgan fingerprint density at radius 3 is 1.75 bits per heavy atom.